The van der Waals surface area contributed by atoms with E-state index < -0.39 is 0 Å². The van der Waals surface area contributed by atoms with E-state index in [-0.39, 0.29) is 11.8 Å². The largest absolute Gasteiger partial charge is 0.493 e. The standard InChI is InChI=1S/C27H28ClN3O3/c1-30(14-13-19-9-11-24(33-2)25(15-19)34-3)27(32)16-22(20-7-5-4-6-8-20)23-17-29-26-12-10-21(28)18-31(23)26/h4-12,15,17-18,22H,13-14,16H2,1-3H3. The molecule has 2 aromatic heterocycles. The number of hydrogen-bond acceptors (Lipinski definition) is 4. The Balaban J connectivity index is 1.52. The van der Waals surface area contributed by atoms with Gasteiger partial charge in [0.2, 0.25) is 5.91 Å². The maximum Gasteiger partial charge on any atom is 0.223 e. The van der Waals surface area contributed by atoms with Crippen molar-refractivity contribution in [3.63, 3.8) is 0 Å². The van der Waals surface area contributed by atoms with E-state index in [1.165, 1.54) is 0 Å². The maximum absolute atomic E-state index is 13.3. The van der Waals surface area contributed by atoms with Crippen LogP contribution in [0.4, 0.5) is 0 Å². The van der Waals surface area contributed by atoms with Crippen LogP contribution in [0, 0.1) is 0 Å². The summed E-state index contributed by atoms with van der Waals surface area (Å²) in [6, 6.07) is 19.6. The molecule has 0 fully saturated rings. The van der Waals surface area contributed by atoms with Crippen LogP contribution in [0.2, 0.25) is 5.02 Å². The first kappa shape index (κ1) is 23.6. The molecule has 6 nitrogen and oxygen atoms in total. The summed E-state index contributed by atoms with van der Waals surface area (Å²) in [5.41, 5.74) is 3.87. The number of carbonyl (C=O) groups excluding carboxylic acids is 1. The molecule has 2 aromatic carbocycles. The summed E-state index contributed by atoms with van der Waals surface area (Å²) in [6.45, 7) is 0.592. The lowest BCUT2D eigenvalue weighted by molar-refractivity contribution is -0.130. The Morgan fingerprint density at radius 3 is 2.56 bits per heavy atom. The first-order chi connectivity index (χ1) is 16.5. The van der Waals surface area contributed by atoms with Crippen LogP contribution in [-0.2, 0) is 11.2 Å². The molecular formula is C27H28ClN3O3. The number of benzene rings is 2. The van der Waals surface area contributed by atoms with Crippen LogP contribution in [-0.4, -0.2) is 48.0 Å². The summed E-state index contributed by atoms with van der Waals surface area (Å²) >= 11 is 6.25. The highest BCUT2D eigenvalue weighted by Gasteiger charge is 2.23. The number of nitrogens with zero attached hydrogens (tertiary/aromatic N) is 3. The Morgan fingerprint density at radius 2 is 1.82 bits per heavy atom. The number of halogens is 1. The fourth-order valence-corrected chi connectivity index (χ4v) is 4.26. The Kier molecular flexibility index (Phi) is 7.38. The van der Waals surface area contributed by atoms with Crippen molar-refractivity contribution in [2.24, 2.45) is 0 Å². The number of hydrogen-bond donors (Lipinski definition) is 0. The zero-order chi connectivity index (χ0) is 24.1. The minimum Gasteiger partial charge on any atom is -0.493 e. The number of methoxy groups -OCH3 is 2. The average molecular weight is 478 g/mol. The molecular weight excluding hydrogens is 450 g/mol. The van der Waals surface area contributed by atoms with Crippen molar-refractivity contribution in [3.8, 4) is 11.5 Å². The summed E-state index contributed by atoms with van der Waals surface area (Å²) in [7, 11) is 5.08. The number of rotatable bonds is 9. The third kappa shape index (κ3) is 5.18. The summed E-state index contributed by atoms with van der Waals surface area (Å²) in [5.74, 6) is 1.29. The average Bonchev–Trinajstić information content (AvgIpc) is 3.28. The molecule has 0 aliphatic carbocycles. The predicted molar refractivity (Wildman–Crippen MR) is 134 cm³/mol. The molecule has 0 spiro atoms. The van der Waals surface area contributed by atoms with Gasteiger partial charge in [-0.25, -0.2) is 4.98 Å². The number of carbonyl (C=O) groups is 1. The smallest absolute Gasteiger partial charge is 0.223 e. The van der Waals surface area contributed by atoms with Crippen LogP contribution in [0.25, 0.3) is 5.65 Å². The molecule has 1 atom stereocenters. The number of likely N-dealkylation sites (N-methyl/N-ethyl adjacent to an activating group) is 1. The van der Waals surface area contributed by atoms with Crippen LogP contribution in [0.3, 0.4) is 0 Å². The van der Waals surface area contributed by atoms with Gasteiger partial charge < -0.3 is 18.8 Å². The molecule has 4 aromatic rings. The molecule has 176 valence electrons. The summed E-state index contributed by atoms with van der Waals surface area (Å²) in [6.07, 6.45) is 4.72. The number of fused-ring (bicyclic) bond motifs is 1. The zero-order valence-electron chi connectivity index (χ0n) is 19.6. The third-order valence-electron chi connectivity index (χ3n) is 6.05. The van der Waals surface area contributed by atoms with Gasteiger partial charge in [0.05, 0.1) is 24.9 Å². The van der Waals surface area contributed by atoms with Gasteiger partial charge in [0, 0.05) is 38.3 Å². The summed E-state index contributed by atoms with van der Waals surface area (Å²) in [5, 5.41) is 0.622. The number of aromatic nitrogens is 2. The highest BCUT2D eigenvalue weighted by atomic mass is 35.5. The molecule has 34 heavy (non-hydrogen) atoms. The van der Waals surface area contributed by atoms with Crippen molar-refractivity contribution in [2.45, 2.75) is 18.8 Å². The molecule has 0 aliphatic heterocycles. The van der Waals surface area contributed by atoms with Gasteiger partial charge in [-0.1, -0.05) is 48.0 Å². The van der Waals surface area contributed by atoms with E-state index in [0.29, 0.717) is 35.9 Å². The number of ether oxygens (including phenoxy) is 2. The van der Waals surface area contributed by atoms with Crippen molar-refractivity contribution < 1.29 is 14.3 Å². The fourth-order valence-electron chi connectivity index (χ4n) is 4.10. The van der Waals surface area contributed by atoms with Crippen molar-refractivity contribution in [3.05, 3.63) is 94.9 Å². The Bertz CT molecular complexity index is 1270. The molecule has 4 rings (SSSR count). The van der Waals surface area contributed by atoms with Gasteiger partial charge in [0.1, 0.15) is 5.65 Å². The number of amides is 1. The van der Waals surface area contributed by atoms with Gasteiger partial charge in [0.15, 0.2) is 11.5 Å². The maximum atomic E-state index is 13.3. The predicted octanol–water partition coefficient (Wildman–Crippen LogP) is 5.23. The van der Waals surface area contributed by atoms with E-state index in [2.05, 4.69) is 4.98 Å². The zero-order valence-corrected chi connectivity index (χ0v) is 20.3. The molecule has 1 unspecified atom stereocenters. The Hall–Kier alpha value is -3.51. The lowest BCUT2D eigenvalue weighted by Gasteiger charge is -2.22. The van der Waals surface area contributed by atoms with Gasteiger partial charge in [0.25, 0.3) is 0 Å². The van der Waals surface area contributed by atoms with Crippen LogP contribution >= 0.6 is 11.6 Å². The van der Waals surface area contributed by atoms with Gasteiger partial charge in [-0.2, -0.15) is 0 Å². The van der Waals surface area contributed by atoms with E-state index in [4.69, 9.17) is 21.1 Å². The highest BCUT2D eigenvalue weighted by molar-refractivity contribution is 6.30. The third-order valence-corrected chi connectivity index (χ3v) is 6.27. The van der Waals surface area contributed by atoms with Crippen molar-refractivity contribution in [1.29, 1.82) is 0 Å². The van der Waals surface area contributed by atoms with E-state index >= 15 is 0 Å². The van der Waals surface area contributed by atoms with E-state index in [0.717, 1.165) is 22.5 Å². The van der Waals surface area contributed by atoms with Crippen LogP contribution in [0.15, 0.2) is 73.1 Å². The minimum atomic E-state index is -0.148. The van der Waals surface area contributed by atoms with E-state index in [9.17, 15) is 4.79 Å². The van der Waals surface area contributed by atoms with E-state index in [1.54, 1.807) is 19.1 Å². The molecule has 0 N–H and O–H groups in total. The molecule has 0 saturated heterocycles. The van der Waals surface area contributed by atoms with Crippen LogP contribution < -0.4 is 9.47 Å². The van der Waals surface area contributed by atoms with Crippen molar-refractivity contribution >= 4 is 23.2 Å². The first-order valence-corrected chi connectivity index (χ1v) is 11.5. The number of pyridine rings is 1. The lowest BCUT2D eigenvalue weighted by atomic mass is 9.92. The molecule has 1 amide bonds. The van der Waals surface area contributed by atoms with Gasteiger partial charge in [-0.15, -0.1) is 0 Å². The van der Waals surface area contributed by atoms with Crippen molar-refractivity contribution in [2.75, 3.05) is 27.8 Å². The molecule has 0 bridgehead atoms. The van der Waals surface area contributed by atoms with Crippen LogP contribution in [0.5, 0.6) is 11.5 Å². The normalized spacial score (nSPS) is 11.9. The van der Waals surface area contributed by atoms with Gasteiger partial charge in [-0.3, -0.25) is 4.79 Å². The fraction of sp³-hybridized carbons (Fsp3) is 0.259. The second-order valence-corrected chi connectivity index (χ2v) is 8.62. The van der Waals surface area contributed by atoms with E-state index in [1.807, 2.05) is 84.5 Å². The van der Waals surface area contributed by atoms with Gasteiger partial charge >= 0.3 is 0 Å². The molecule has 0 radical (unpaired) electrons. The Morgan fingerprint density at radius 1 is 1.06 bits per heavy atom. The van der Waals surface area contributed by atoms with Crippen LogP contribution in [0.1, 0.15) is 29.2 Å². The molecule has 7 heteroatoms. The first-order valence-electron chi connectivity index (χ1n) is 11.1. The monoisotopic (exact) mass is 477 g/mol. The van der Waals surface area contributed by atoms with Crippen molar-refractivity contribution in [1.82, 2.24) is 14.3 Å². The SMILES string of the molecule is COc1ccc(CCN(C)C(=O)CC(c2ccccc2)c2cnc3ccc(Cl)cn23)cc1OC. The summed E-state index contributed by atoms with van der Waals surface area (Å²) in [4.78, 5) is 19.6. The lowest BCUT2D eigenvalue weighted by Crippen LogP contribution is -2.30. The second-order valence-electron chi connectivity index (χ2n) is 8.18. The summed E-state index contributed by atoms with van der Waals surface area (Å²) < 4.78 is 12.7. The molecule has 0 saturated carbocycles. The molecule has 0 aliphatic rings. The minimum absolute atomic E-state index is 0.0614. The quantitative estimate of drug-likeness (QED) is 0.331. The topological polar surface area (TPSA) is 56.1 Å². The highest BCUT2D eigenvalue weighted by Crippen LogP contribution is 2.30. The van der Waals surface area contributed by atoms with Gasteiger partial charge in [-0.05, 0) is 41.8 Å². The molecule has 2 heterocycles. The second kappa shape index (κ2) is 10.6. The Labute approximate surface area is 204 Å². The number of imidazole rings is 1.